The van der Waals surface area contributed by atoms with E-state index in [4.69, 9.17) is 9.47 Å². The Morgan fingerprint density at radius 1 is 1.21 bits per heavy atom. The van der Waals surface area contributed by atoms with Gasteiger partial charge in [0.1, 0.15) is 0 Å². The maximum Gasteiger partial charge on any atom is 0.0940 e. The zero-order valence-corrected chi connectivity index (χ0v) is 11.1. The highest BCUT2D eigenvalue weighted by Crippen LogP contribution is 2.28. The summed E-state index contributed by atoms with van der Waals surface area (Å²) in [6.45, 7) is 5.57. The van der Waals surface area contributed by atoms with Crippen LogP contribution in [0.1, 0.15) is 11.1 Å². The summed E-state index contributed by atoms with van der Waals surface area (Å²) >= 11 is 0. The molecular weight excluding hydrogens is 240 g/mol. The highest BCUT2D eigenvalue weighted by atomic mass is 16.6. The number of anilines is 1. The summed E-state index contributed by atoms with van der Waals surface area (Å²) < 4.78 is 11.4. The second-order valence-corrected chi connectivity index (χ2v) is 5.74. The quantitative estimate of drug-likeness (QED) is 0.868. The van der Waals surface area contributed by atoms with E-state index in [1.54, 1.807) is 0 Å². The lowest BCUT2D eigenvalue weighted by atomic mass is 10.1. The maximum atomic E-state index is 5.90. The van der Waals surface area contributed by atoms with Gasteiger partial charge in [0.05, 0.1) is 25.4 Å². The van der Waals surface area contributed by atoms with Crippen molar-refractivity contribution in [3.05, 3.63) is 29.3 Å². The van der Waals surface area contributed by atoms with Crippen molar-refractivity contribution < 1.29 is 9.47 Å². The standard InChI is InChI=1S/C15H20N2O2/c1-2-11-4-5-16-15(11)12(3-1)6-17-7-13-9-18-10-14(8-17)19-13/h1-3,13-14,16H,4-10H2. The Morgan fingerprint density at radius 2 is 2.05 bits per heavy atom. The molecule has 3 heterocycles. The molecule has 1 N–H and O–H groups in total. The van der Waals surface area contributed by atoms with E-state index in [-0.39, 0.29) is 12.2 Å². The van der Waals surface area contributed by atoms with Crippen LogP contribution in [0.5, 0.6) is 0 Å². The summed E-state index contributed by atoms with van der Waals surface area (Å²) in [4.78, 5) is 2.51. The van der Waals surface area contributed by atoms with Crippen molar-refractivity contribution in [1.82, 2.24) is 4.90 Å². The van der Waals surface area contributed by atoms with Crippen molar-refractivity contribution >= 4 is 5.69 Å². The molecule has 2 saturated heterocycles. The molecule has 102 valence electrons. The van der Waals surface area contributed by atoms with Crippen LogP contribution in [-0.4, -0.2) is 50.0 Å². The molecular formula is C15H20N2O2. The third kappa shape index (κ3) is 2.24. The fourth-order valence-electron chi connectivity index (χ4n) is 3.44. The van der Waals surface area contributed by atoms with Gasteiger partial charge in [-0.1, -0.05) is 18.2 Å². The number of ether oxygens (including phenoxy) is 2. The van der Waals surface area contributed by atoms with Crippen LogP contribution in [0.2, 0.25) is 0 Å². The van der Waals surface area contributed by atoms with Gasteiger partial charge in [-0.05, 0) is 17.5 Å². The topological polar surface area (TPSA) is 33.7 Å². The molecule has 2 fully saturated rings. The van der Waals surface area contributed by atoms with E-state index in [0.29, 0.717) is 0 Å². The minimum atomic E-state index is 0.261. The fourth-order valence-corrected chi connectivity index (χ4v) is 3.44. The Labute approximate surface area is 113 Å². The number of morpholine rings is 1. The zero-order valence-electron chi connectivity index (χ0n) is 11.1. The summed E-state index contributed by atoms with van der Waals surface area (Å²) in [7, 11) is 0. The summed E-state index contributed by atoms with van der Waals surface area (Å²) in [5.74, 6) is 0. The monoisotopic (exact) mass is 260 g/mol. The number of benzene rings is 1. The summed E-state index contributed by atoms with van der Waals surface area (Å²) in [6.07, 6.45) is 1.68. The van der Waals surface area contributed by atoms with E-state index in [1.807, 2.05) is 0 Å². The van der Waals surface area contributed by atoms with Crippen molar-refractivity contribution in [2.75, 3.05) is 38.2 Å². The number of rotatable bonds is 2. The molecule has 1 aromatic carbocycles. The molecule has 0 amide bonds. The molecule has 2 atom stereocenters. The van der Waals surface area contributed by atoms with Crippen molar-refractivity contribution in [3.63, 3.8) is 0 Å². The van der Waals surface area contributed by atoms with E-state index in [1.165, 1.54) is 16.8 Å². The predicted octanol–water partition coefficient (Wildman–Crippen LogP) is 1.25. The number of para-hydroxylation sites is 1. The van der Waals surface area contributed by atoms with Gasteiger partial charge in [-0.3, -0.25) is 4.90 Å². The zero-order chi connectivity index (χ0) is 12.7. The first-order valence-corrected chi connectivity index (χ1v) is 7.19. The number of hydrogen-bond donors (Lipinski definition) is 1. The fraction of sp³-hybridized carbons (Fsp3) is 0.600. The molecule has 2 bridgehead atoms. The molecule has 4 nitrogen and oxygen atoms in total. The molecule has 3 aliphatic heterocycles. The molecule has 0 radical (unpaired) electrons. The maximum absolute atomic E-state index is 5.90. The average molecular weight is 260 g/mol. The number of fused-ring (bicyclic) bond motifs is 3. The highest BCUT2D eigenvalue weighted by molar-refractivity contribution is 5.61. The van der Waals surface area contributed by atoms with Crippen molar-refractivity contribution in [1.29, 1.82) is 0 Å². The number of nitrogens with one attached hydrogen (secondary N) is 1. The molecule has 0 aliphatic carbocycles. The molecule has 4 rings (SSSR count). The Balaban J connectivity index is 1.51. The molecule has 1 aromatic rings. The van der Waals surface area contributed by atoms with Gasteiger partial charge in [-0.15, -0.1) is 0 Å². The second-order valence-electron chi connectivity index (χ2n) is 5.74. The van der Waals surface area contributed by atoms with Crippen molar-refractivity contribution in [3.8, 4) is 0 Å². The van der Waals surface area contributed by atoms with Crippen LogP contribution in [0.25, 0.3) is 0 Å². The van der Waals surface area contributed by atoms with E-state index >= 15 is 0 Å². The van der Waals surface area contributed by atoms with Gasteiger partial charge >= 0.3 is 0 Å². The Bertz CT molecular complexity index is 465. The van der Waals surface area contributed by atoms with Crippen LogP contribution in [0, 0.1) is 0 Å². The molecule has 3 aliphatic rings. The van der Waals surface area contributed by atoms with Gasteiger partial charge in [-0.25, -0.2) is 0 Å². The minimum absolute atomic E-state index is 0.261. The molecule has 19 heavy (non-hydrogen) atoms. The van der Waals surface area contributed by atoms with Crippen LogP contribution in [0.4, 0.5) is 5.69 Å². The molecule has 0 saturated carbocycles. The van der Waals surface area contributed by atoms with Gasteiger partial charge < -0.3 is 14.8 Å². The van der Waals surface area contributed by atoms with Gasteiger partial charge in [0.2, 0.25) is 0 Å². The number of nitrogens with zero attached hydrogens (tertiary/aromatic N) is 1. The summed E-state index contributed by atoms with van der Waals surface area (Å²) in [5.41, 5.74) is 4.26. The van der Waals surface area contributed by atoms with Gasteiger partial charge in [0.25, 0.3) is 0 Å². The first-order chi connectivity index (χ1) is 9.38. The summed E-state index contributed by atoms with van der Waals surface area (Å²) in [6, 6.07) is 6.67. The Morgan fingerprint density at radius 3 is 2.89 bits per heavy atom. The molecule has 0 aromatic heterocycles. The first-order valence-electron chi connectivity index (χ1n) is 7.19. The minimum Gasteiger partial charge on any atom is -0.384 e. The molecule has 4 heteroatoms. The van der Waals surface area contributed by atoms with Crippen molar-refractivity contribution in [2.45, 2.75) is 25.2 Å². The van der Waals surface area contributed by atoms with Crippen LogP contribution < -0.4 is 5.32 Å². The largest absolute Gasteiger partial charge is 0.384 e. The van der Waals surface area contributed by atoms with E-state index in [9.17, 15) is 0 Å². The summed E-state index contributed by atoms with van der Waals surface area (Å²) in [5, 5.41) is 3.53. The first kappa shape index (κ1) is 11.7. The van der Waals surface area contributed by atoms with Crippen LogP contribution >= 0.6 is 0 Å². The van der Waals surface area contributed by atoms with Gasteiger partial charge in [0, 0.05) is 31.9 Å². The smallest absolute Gasteiger partial charge is 0.0940 e. The Kier molecular flexibility index (Phi) is 2.94. The predicted molar refractivity (Wildman–Crippen MR) is 73.4 cm³/mol. The average Bonchev–Trinajstić information content (AvgIpc) is 2.88. The SMILES string of the molecule is c1cc2c(c(CN3CC4COCC(C3)O4)c1)NCC2. The second kappa shape index (κ2) is 4.78. The van der Waals surface area contributed by atoms with E-state index in [0.717, 1.165) is 45.8 Å². The third-order valence-electron chi connectivity index (χ3n) is 4.24. The van der Waals surface area contributed by atoms with Gasteiger partial charge in [0.15, 0.2) is 0 Å². The van der Waals surface area contributed by atoms with Gasteiger partial charge in [-0.2, -0.15) is 0 Å². The van der Waals surface area contributed by atoms with Crippen LogP contribution in [0.3, 0.4) is 0 Å². The molecule has 0 spiro atoms. The Hall–Kier alpha value is -1.10. The lowest BCUT2D eigenvalue weighted by molar-refractivity contribution is -0.180. The van der Waals surface area contributed by atoms with E-state index < -0.39 is 0 Å². The van der Waals surface area contributed by atoms with Crippen LogP contribution in [0.15, 0.2) is 18.2 Å². The van der Waals surface area contributed by atoms with Crippen LogP contribution in [-0.2, 0) is 22.4 Å². The normalized spacial score (nSPS) is 29.9. The number of hydrogen-bond acceptors (Lipinski definition) is 4. The van der Waals surface area contributed by atoms with Crippen molar-refractivity contribution in [2.24, 2.45) is 0 Å². The lowest BCUT2D eigenvalue weighted by Crippen LogP contribution is -2.53. The van der Waals surface area contributed by atoms with E-state index in [2.05, 4.69) is 28.4 Å². The lowest BCUT2D eigenvalue weighted by Gasteiger charge is -2.41. The third-order valence-corrected chi connectivity index (χ3v) is 4.24. The molecule has 2 unspecified atom stereocenters. The highest BCUT2D eigenvalue weighted by Gasteiger charge is 2.32.